The summed E-state index contributed by atoms with van der Waals surface area (Å²) in [6.45, 7) is -1.31. The van der Waals surface area contributed by atoms with Gasteiger partial charge in [-0.1, -0.05) is 0 Å². The van der Waals surface area contributed by atoms with E-state index in [1.54, 1.807) is 0 Å². The first-order chi connectivity index (χ1) is 26.3. The molecular formula is C34H24O22. The predicted octanol–water partition coefficient (Wildman–Crippen LogP) is 0.356. The molecule has 56 heavy (non-hydrogen) atoms. The molecule has 4 aliphatic heterocycles. The number of cyclic esters (lactones) is 2. The Kier molecular flexibility index (Phi) is 8.13. The highest BCUT2D eigenvalue weighted by Gasteiger charge is 2.53. The molecule has 0 saturated carbocycles. The number of ether oxygens (including phenoxy) is 4. The fourth-order valence-corrected chi connectivity index (χ4v) is 6.70. The normalized spacial score (nSPS) is 21.6. The van der Waals surface area contributed by atoms with E-state index in [9.17, 15) is 90.7 Å². The second kappa shape index (κ2) is 12.4. The molecule has 4 bridgehead atoms. The molecule has 292 valence electrons. The molecule has 4 heterocycles. The zero-order chi connectivity index (χ0) is 41.0. The lowest BCUT2D eigenvalue weighted by atomic mass is 9.82. The third kappa shape index (κ3) is 5.03. The van der Waals surface area contributed by atoms with Crippen LogP contribution in [0.25, 0.3) is 22.3 Å². The van der Waals surface area contributed by atoms with Crippen LogP contribution in [0.15, 0.2) is 18.2 Å². The largest absolute Gasteiger partial charge is 0.504 e. The smallest absolute Gasteiger partial charge is 0.339 e. The van der Waals surface area contributed by atoms with Gasteiger partial charge in [0.15, 0.2) is 64.3 Å². The maximum atomic E-state index is 14.1. The topological polar surface area (TPSA) is 388 Å². The molecule has 0 radical (unpaired) electrons. The fourth-order valence-electron chi connectivity index (χ4n) is 6.70. The number of phenolic OH excluding ortho intramolecular Hbond substituents is 12. The van der Waals surface area contributed by atoms with Gasteiger partial charge in [-0.05, 0) is 18.2 Å². The molecule has 0 unspecified atom stereocenters. The summed E-state index contributed by atoms with van der Waals surface area (Å²) in [6.07, 6.45) is -12.4. The molecule has 22 nitrogen and oxygen atoms in total. The molecule has 8 rings (SSSR count). The lowest BCUT2D eigenvalue weighted by molar-refractivity contribution is -0.153. The minimum atomic E-state index is -2.55. The van der Waals surface area contributed by atoms with Crippen LogP contribution in [0.3, 0.4) is 0 Å². The monoisotopic (exact) mass is 784 g/mol. The molecule has 0 aromatic heterocycles. The number of aromatic hydroxyl groups is 12. The van der Waals surface area contributed by atoms with Crippen LogP contribution in [0.1, 0.15) is 53.1 Å². The number of hydrogen-bond donors (Lipinski definition) is 14. The summed E-state index contributed by atoms with van der Waals surface area (Å²) in [4.78, 5) is 55.1. The van der Waals surface area contributed by atoms with E-state index in [4.69, 9.17) is 18.9 Å². The van der Waals surface area contributed by atoms with E-state index in [0.29, 0.717) is 18.2 Å². The molecule has 4 aromatic rings. The Balaban J connectivity index is 1.48. The van der Waals surface area contributed by atoms with Crippen LogP contribution in [0.5, 0.6) is 69.0 Å². The Morgan fingerprint density at radius 2 is 0.804 bits per heavy atom. The summed E-state index contributed by atoms with van der Waals surface area (Å²) in [5.74, 6) is -22.9. The van der Waals surface area contributed by atoms with Gasteiger partial charge in [0.05, 0.1) is 22.3 Å². The molecule has 22 heteroatoms. The van der Waals surface area contributed by atoms with Gasteiger partial charge in [0, 0.05) is 27.8 Å². The molecule has 0 spiro atoms. The Bertz CT molecular complexity index is 2470. The number of aliphatic hydroxyl groups excluding tert-OH is 2. The van der Waals surface area contributed by atoms with E-state index < -0.39 is 180 Å². The van der Waals surface area contributed by atoms with Crippen molar-refractivity contribution in [2.75, 3.05) is 6.61 Å². The van der Waals surface area contributed by atoms with Gasteiger partial charge in [0.2, 0.25) is 23.0 Å². The third-order valence-corrected chi connectivity index (χ3v) is 9.33. The predicted molar refractivity (Wildman–Crippen MR) is 173 cm³/mol. The van der Waals surface area contributed by atoms with E-state index >= 15 is 0 Å². The Hall–Kier alpha value is -7.72. The molecule has 4 aliphatic rings. The number of esters is 4. The number of phenols is 12. The van der Waals surface area contributed by atoms with Gasteiger partial charge in [-0.25, -0.2) is 19.2 Å². The average molecular weight is 785 g/mol. The van der Waals surface area contributed by atoms with Gasteiger partial charge < -0.3 is 90.4 Å². The van der Waals surface area contributed by atoms with Gasteiger partial charge in [-0.15, -0.1) is 0 Å². The van der Waals surface area contributed by atoms with Crippen molar-refractivity contribution >= 4 is 23.9 Å². The van der Waals surface area contributed by atoms with Crippen molar-refractivity contribution in [3.63, 3.8) is 0 Å². The number of rotatable bonds is 1. The number of fused-ring (bicyclic) bond motifs is 6. The first-order valence-corrected chi connectivity index (χ1v) is 15.6. The quantitative estimate of drug-likeness (QED) is 0.0703. The van der Waals surface area contributed by atoms with Crippen molar-refractivity contribution in [3.8, 4) is 91.2 Å². The summed E-state index contributed by atoms with van der Waals surface area (Å²) in [6, 6.07) is 1.33. The second-order valence-electron chi connectivity index (χ2n) is 12.5. The average Bonchev–Trinajstić information content (AvgIpc) is 3.16. The van der Waals surface area contributed by atoms with Gasteiger partial charge in [0.1, 0.15) is 18.8 Å². The van der Waals surface area contributed by atoms with Gasteiger partial charge >= 0.3 is 23.9 Å². The minimum Gasteiger partial charge on any atom is -0.504 e. The first kappa shape index (κ1) is 36.6. The van der Waals surface area contributed by atoms with Crippen molar-refractivity contribution in [2.45, 2.75) is 30.5 Å². The van der Waals surface area contributed by atoms with E-state index in [2.05, 4.69) is 0 Å². The minimum absolute atomic E-state index is 0.403. The summed E-state index contributed by atoms with van der Waals surface area (Å²) >= 11 is 0. The molecule has 5 atom stereocenters. The van der Waals surface area contributed by atoms with E-state index in [0.717, 1.165) is 0 Å². The first-order valence-electron chi connectivity index (χ1n) is 15.6. The Labute approximate surface area is 307 Å². The zero-order valence-corrected chi connectivity index (χ0v) is 27.4. The van der Waals surface area contributed by atoms with Crippen molar-refractivity contribution in [3.05, 3.63) is 46.0 Å². The molecular weight excluding hydrogens is 760 g/mol. The highest BCUT2D eigenvalue weighted by Crippen LogP contribution is 2.58. The highest BCUT2D eigenvalue weighted by molar-refractivity contribution is 6.11. The Morgan fingerprint density at radius 1 is 0.411 bits per heavy atom. The van der Waals surface area contributed by atoms with Crippen LogP contribution in [0, 0.1) is 0 Å². The number of aliphatic hydroxyl groups is 2. The summed E-state index contributed by atoms with van der Waals surface area (Å²) in [5, 5.41) is 150. The second-order valence-corrected chi connectivity index (χ2v) is 12.5. The van der Waals surface area contributed by atoms with E-state index in [1.165, 1.54) is 0 Å². The van der Waals surface area contributed by atoms with Crippen LogP contribution in [-0.4, -0.2) is 126 Å². The molecule has 4 aromatic carbocycles. The van der Waals surface area contributed by atoms with Gasteiger partial charge in [-0.3, -0.25) is 0 Å². The molecule has 0 amide bonds. The summed E-state index contributed by atoms with van der Waals surface area (Å²) in [7, 11) is 0. The number of benzene rings is 4. The van der Waals surface area contributed by atoms with Crippen molar-refractivity contribution in [1.29, 1.82) is 0 Å². The van der Waals surface area contributed by atoms with Crippen LogP contribution in [-0.2, 0) is 18.9 Å². The number of carbonyl (C=O) groups is 4. The lowest BCUT2D eigenvalue weighted by Gasteiger charge is -2.40. The van der Waals surface area contributed by atoms with Gasteiger partial charge in [0.25, 0.3) is 0 Å². The maximum absolute atomic E-state index is 14.1. The SMILES string of the molecule is O=C1OC[C@H](O)[C@H]([C@@H]2OC(=O)c3cc(O)c(O)c(O)c3-c3c(O)c(O)c(O)c4c3C(=O)O[C@H]2[C@@H]4O)OC(=O)c2cc(O)c(O)c(O)c2-c2c1cc(O)c(O)c2O. The number of hydrogen-bond acceptors (Lipinski definition) is 22. The number of carbonyl (C=O) groups excluding carboxylic acids is 4. The van der Waals surface area contributed by atoms with E-state index in [1.807, 2.05) is 0 Å². The zero-order valence-electron chi connectivity index (χ0n) is 27.4. The van der Waals surface area contributed by atoms with Crippen molar-refractivity contribution in [2.24, 2.45) is 0 Å². The molecule has 0 fully saturated rings. The van der Waals surface area contributed by atoms with Crippen LogP contribution in [0.4, 0.5) is 0 Å². The summed E-state index contributed by atoms with van der Waals surface area (Å²) < 4.78 is 21.3. The fraction of sp³-hybridized carbons (Fsp3) is 0.176. The van der Waals surface area contributed by atoms with Crippen molar-refractivity contribution in [1.82, 2.24) is 0 Å². The molecule has 0 aliphatic carbocycles. The third-order valence-electron chi connectivity index (χ3n) is 9.33. The van der Waals surface area contributed by atoms with Crippen LogP contribution < -0.4 is 0 Å². The van der Waals surface area contributed by atoms with Gasteiger partial charge in [-0.2, -0.15) is 0 Å². The summed E-state index contributed by atoms with van der Waals surface area (Å²) in [5.41, 5.74) is -9.23. The van der Waals surface area contributed by atoms with Crippen molar-refractivity contribution < 1.29 is 110 Å². The highest BCUT2D eigenvalue weighted by atomic mass is 16.6. The maximum Gasteiger partial charge on any atom is 0.339 e. The molecule has 14 N–H and O–H groups in total. The molecule has 0 saturated heterocycles. The standard InChI is InChI=1S/C34H24O22/c35-8-1-5-12(21(42)18(8)39)13-6(2-9(36)19(40)22(13)43)32(50)54-28(11(38)4-53-31(5)49)30-29-26(47)17-16(34(52)55-29)15(24(45)27(48)25(17)46)14-7(33(51)56-30)3-10(37)20(41)23(14)44/h1-3,11,26,28-30,35-48H,4H2/t11-,26+,28+,29-,30-/m0/s1. The van der Waals surface area contributed by atoms with E-state index in [-0.39, 0.29) is 0 Å². The lowest BCUT2D eigenvalue weighted by Crippen LogP contribution is -2.55. The van der Waals surface area contributed by atoms with Crippen LogP contribution in [0.2, 0.25) is 0 Å². The van der Waals surface area contributed by atoms with Crippen LogP contribution >= 0.6 is 0 Å². The Morgan fingerprint density at radius 3 is 1.29 bits per heavy atom.